The second-order valence-electron chi connectivity index (χ2n) is 7.87. The molecule has 0 N–H and O–H groups in total. The molecule has 1 saturated heterocycles. The van der Waals surface area contributed by atoms with Crippen LogP contribution in [0.4, 0.5) is 0 Å². The van der Waals surface area contributed by atoms with Gasteiger partial charge in [0.1, 0.15) is 5.75 Å². The molecule has 1 spiro atoms. The molecular formula is C22H25N3O. The van der Waals surface area contributed by atoms with E-state index in [1.54, 1.807) is 0 Å². The van der Waals surface area contributed by atoms with Crippen LogP contribution in [-0.4, -0.2) is 41.5 Å². The van der Waals surface area contributed by atoms with Crippen molar-refractivity contribution >= 4 is 5.71 Å². The third-order valence-electron chi connectivity index (χ3n) is 6.06. The zero-order valence-corrected chi connectivity index (χ0v) is 15.5. The lowest BCUT2D eigenvalue weighted by atomic mass is 9.91. The Balaban J connectivity index is 1.57. The lowest BCUT2D eigenvalue weighted by molar-refractivity contribution is -0.147. The van der Waals surface area contributed by atoms with E-state index in [-0.39, 0.29) is 11.8 Å². The highest BCUT2D eigenvalue weighted by Crippen LogP contribution is 2.49. The fourth-order valence-corrected chi connectivity index (χ4v) is 4.45. The molecule has 1 fully saturated rings. The molecule has 5 rings (SSSR count). The van der Waals surface area contributed by atoms with Crippen LogP contribution >= 0.6 is 0 Å². The van der Waals surface area contributed by atoms with Crippen LogP contribution in [0.25, 0.3) is 0 Å². The zero-order chi connectivity index (χ0) is 17.7. The second-order valence-corrected chi connectivity index (χ2v) is 7.87. The molecule has 0 radical (unpaired) electrons. The van der Waals surface area contributed by atoms with Crippen LogP contribution in [0, 0.1) is 6.92 Å². The Labute approximate surface area is 155 Å². The van der Waals surface area contributed by atoms with Crippen molar-refractivity contribution in [3.8, 4) is 5.75 Å². The number of rotatable bonds is 1. The highest BCUT2D eigenvalue weighted by atomic mass is 16.5. The van der Waals surface area contributed by atoms with Crippen LogP contribution in [0.5, 0.6) is 5.75 Å². The minimum Gasteiger partial charge on any atom is -0.466 e. The average Bonchev–Trinajstić information content (AvgIpc) is 3.12. The maximum Gasteiger partial charge on any atom is 0.200 e. The molecule has 1 atom stereocenters. The Morgan fingerprint density at radius 3 is 2.54 bits per heavy atom. The van der Waals surface area contributed by atoms with Gasteiger partial charge in [-0.15, -0.1) is 0 Å². The first-order valence-corrected chi connectivity index (χ1v) is 9.55. The molecule has 4 heteroatoms. The van der Waals surface area contributed by atoms with Crippen molar-refractivity contribution in [3.63, 3.8) is 0 Å². The maximum absolute atomic E-state index is 6.62. The van der Waals surface area contributed by atoms with Gasteiger partial charge in [-0.25, -0.2) is 5.01 Å². The maximum atomic E-state index is 6.62. The SMILES string of the molecule is Cc1ccc(C2=NN3[C@@H](C2)c2ccccc2OC32CCN(C)CC2)cc1. The molecule has 26 heavy (non-hydrogen) atoms. The van der Waals surface area contributed by atoms with Crippen LogP contribution in [-0.2, 0) is 0 Å². The minimum atomic E-state index is -0.308. The third-order valence-corrected chi connectivity index (χ3v) is 6.06. The first-order chi connectivity index (χ1) is 12.6. The standard InChI is InChI=1S/C22H25N3O/c1-16-7-9-17(10-8-16)19-15-20-18-5-3-4-6-21(18)26-22(25(20)23-19)11-13-24(2)14-12-22/h3-10,20H,11-15H2,1-2H3/t20-/m0/s1. The number of piperidine rings is 1. The van der Waals surface area contributed by atoms with Crippen molar-refractivity contribution < 1.29 is 4.74 Å². The predicted molar refractivity (Wildman–Crippen MR) is 103 cm³/mol. The van der Waals surface area contributed by atoms with E-state index in [0.717, 1.165) is 38.1 Å². The van der Waals surface area contributed by atoms with Crippen LogP contribution in [0.1, 0.15) is 42.0 Å². The molecule has 2 aromatic carbocycles. The van der Waals surface area contributed by atoms with Crippen molar-refractivity contribution in [3.05, 3.63) is 65.2 Å². The number of fused-ring (bicyclic) bond motifs is 4. The van der Waals surface area contributed by atoms with Gasteiger partial charge in [0.2, 0.25) is 5.72 Å². The number of hydrogen-bond donors (Lipinski definition) is 0. The average molecular weight is 347 g/mol. The number of likely N-dealkylation sites (tertiary alicyclic amines) is 1. The molecule has 0 aliphatic carbocycles. The van der Waals surface area contributed by atoms with Gasteiger partial charge in [-0.2, -0.15) is 5.10 Å². The van der Waals surface area contributed by atoms with E-state index in [4.69, 9.17) is 9.84 Å². The van der Waals surface area contributed by atoms with Crippen molar-refractivity contribution in [2.45, 2.75) is 38.0 Å². The summed E-state index contributed by atoms with van der Waals surface area (Å²) in [5.74, 6) is 1.04. The van der Waals surface area contributed by atoms with Gasteiger partial charge in [-0.3, -0.25) is 0 Å². The number of ether oxygens (including phenoxy) is 1. The summed E-state index contributed by atoms with van der Waals surface area (Å²) < 4.78 is 6.62. The molecule has 0 aromatic heterocycles. The van der Waals surface area contributed by atoms with Gasteiger partial charge in [0.05, 0.1) is 11.8 Å². The summed E-state index contributed by atoms with van der Waals surface area (Å²) >= 11 is 0. The number of para-hydroxylation sites is 1. The Bertz CT molecular complexity index is 850. The normalized spacial score (nSPS) is 24.0. The summed E-state index contributed by atoms with van der Waals surface area (Å²) in [6.45, 7) is 4.21. The number of benzene rings is 2. The smallest absolute Gasteiger partial charge is 0.200 e. The van der Waals surface area contributed by atoms with E-state index < -0.39 is 0 Å². The summed E-state index contributed by atoms with van der Waals surface area (Å²) in [5, 5.41) is 7.41. The summed E-state index contributed by atoms with van der Waals surface area (Å²) in [5.41, 5.74) is 4.64. The molecule has 3 aliphatic heterocycles. The van der Waals surface area contributed by atoms with E-state index in [9.17, 15) is 0 Å². The molecule has 3 heterocycles. The van der Waals surface area contributed by atoms with Gasteiger partial charge in [-0.1, -0.05) is 48.0 Å². The third kappa shape index (κ3) is 2.43. The molecular weight excluding hydrogens is 322 g/mol. The zero-order valence-electron chi connectivity index (χ0n) is 15.5. The topological polar surface area (TPSA) is 28.1 Å². The van der Waals surface area contributed by atoms with Gasteiger partial charge in [-0.05, 0) is 25.6 Å². The van der Waals surface area contributed by atoms with Crippen LogP contribution in [0.15, 0.2) is 53.6 Å². The summed E-state index contributed by atoms with van der Waals surface area (Å²) in [6.07, 6.45) is 2.92. The molecule has 0 amide bonds. The predicted octanol–water partition coefficient (Wildman–Crippen LogP) is 3.96. The van der Waals surface area contributed by atoms with Crippen molar-refractivity contribution in [1.29, 1.82) is 0 Å². The fourth-order valence-electron chi connectivity index (χ4n) is 4.45. The molecule has 0 saturated carbocycles. The quantitative estimate of drug-likeness (QED) is 0.782. The van der Waals surface area contributed by atoms with E-state index in [1.807, 2.05) is 0 Å². The first-order valence-electron chi connectivity index (χ1n) is 9.55. The first kappa shape index (κ1) is 15.9. The minimum absolute atomic E-state index is 0.277. The van der Waals surface area contributed by atoms with Gasteiger partial charge in [0.25, 0.3) is 0 Å². The Kier molecular flexibility index (Phi) is 3.57. The van der Waals surface area contributed by atoms with Crippen molar-refractivity contribution in [1.82, 2.24) is 9.91 Å². The number of hydrogen-bond acceptors (Lipinski definition) is 4. The highest BCUT2D eigenvalue weighted by molar-refractivity contribution is 6.02. The van der Waals surface area contributed by atoms with E-state index in [0.29, 0.717) is 0 Å². The van der Waals surface area contributed by atoms with Crippen LogP contribution in [0.2, 0.25) is 0 Å². The van der Waals surface area contributed by atoms with Gasteiger partial charge >= 0.3 is 0 Å². The lowest BCUT2D eigenvalue weighted by Crippen LogP contribution is -2.58. The Morgan fingerprint density at radius 2 is 1.77 bits per heavy atom. The summed E-state index contributed by atoms with van der Waals surface area (Å²) in [6, 6.07) is 17.5. The van der Waals surface area contributed by atoms with E-state index >= 15 is 0 Å². The highest BCUT2D eigenvalue weighted by Gasteiger charge is 2.51. The molecule has 0 bridgehead atoms. The summed E-state index contributed by atoms with van der Waals surface area (Å²) in [4.78, 5) is 2.38. The number of aryl methyl sites for hydroxylation is 1. The van der Waals surface area contributed by atoms with Gasteiger partial charge in [0, 0.05) is 37.9 Å². The van der Waals surface area contributed by atoms with E-state index in [2.05, 4.69) is 72.4 Å². The van der Waals surface area contributed by atoms with Crippen molar-refractivity contribution in [2.24, 2.45) is 5.10 Å². The molecule has 134 valence electrons. The molecule has 3 aliphatic rings. The molecule has 2 aromatic rings. The Morgan fingerprint density at radius 1 is 1.04 bits per heavy atom. The van der Waals surface area contributed by atoms with Crippen LogP contribution < -0.4 is 4.74 Å². The second kappa shape index (κ2) is 5.85. The number of nitrogens with zero attached hydrogens (tertiary/aromatic N) is 3. The van der Waals surface area contributed by atoms with E-state index in [1.165, 1.54) is 22.4 Å². The fraction of sp³-hybridized carbons (Fsp3) is 0.409. The lowest BCUT2D eigenvalue weighted by Gasteiger charge is -2.50. The largest absolute Gasteiger partial charge is 0.466 e. The summed E-state index contributed by atoms with van der Waals surface area (Å²) in [7, 11) is 2.19. The van der Waals surface area contributed by atoms with Crippen LogP contribution in [0.3, 0.4) is 0 Å². The van der Waals surface area contributed by atoms with Crippen molar-refractivity contribution in [2.75, 3.05) is 20.1 Å². The monoisotopic (exact) mass is 347 g/mol. The van der Waals surface area contributed by atoms with Gasteiger partial charge < -0.3 is 9.64 Å². The molecule has 0 unspecified atom stereocenters. The van der Waals surface area contributed by atoms with Gasteiger partial charge in [0.15, 0.2) is 0 Å². The Hall–Kier alpha value is -2.33. The number of hydrazone groups is 1. The molecule has 4 nitrogen and oxygen atoms in total.